The van der Waals surface area contributed by atoms with E-state index in [2.05, 4.69) is 16.0 Å². The van der Waals surface area contributed by atoms with Crippen LogP contribution in [0.15, 0.2) is 24.3 Å². The molecule has 0 aliphatic heterocycles. The van der Waals surface area contributed by atoms with Crippen molar-refractivity contribution in [1.29, 1.82) is 0 Å². The van der Waals surface area contributed by atoms with Gasteiger partial charge in [0, 0.05) is 6.42 Å². The highest BCUT2D eigenvalue weighted by molar-refractivity contribution is 5.94. The molecule has 0 bridgehead atoms. The number of phenols is 1. The first-order valence-corrected chi connectivity index (χ1v) is 10.8. The molecule has 5 atom stereocenters. The number of hydrogen-bond acceptors (Lipinski definition) is 7. The summed E-state index contributed by atoms with van der Waals surface area (Å²) in [7, 11) is 0. The number of aromatic hydroxyl groups is 1. The van der Waals surface area contributed by atoms with Crippen molar-refractivity contribution in [3.05, 3.63) is 29.8 Å². The van der Waals surface area contributed by atoms with Crippen LogP contribution >= 0.6 is 0 Å². The van der Waals surface area contributed by atoms with Crippen molar-refractivity contribution in [2.75, 3.05) is 0 Å². The zero-order valence-corrected chi connectivity index (χ0v) is 19.4. The van der Waals surface area contributed by atoms with E-state index in [1.807, 2.05) is 6.92 Å². The molecule has 4 amide bonds. The average molecular weight is 480 g/mol. The summed E-state index contributed by atoms with van der Waals surface area (Å²) < 4.78 is 0. The number of nitrogens with one attached hydrogen (secondary N) is 3. The highest BCUT2D eigenvalue weighted by Gasteiger charge is 2.30. The first-order chi connectivity index (χ1) is 15.8. The van der Waals surface area contributed by atoms with E-state index in [9.17, 15) is 34.2 Å². The van der Waals surface area contributed by atoms with Crippen molar-refractivity contribution in [3.63, 3.8) is 0 Å². The van der Waals surface area contributed by atoms with Gasteiger partial charge in [0.15, 0.2) is 0 Å². The summed E-state index contributed by atoms with van der Waals surface area (Å²) in [5.41, 5.74) is 11.5. The molecule has 34 heavy (non-hydrogen) atoms. The summed E-state index contributed by atoms with van der Waals surface area (Å²) in [5, 5.41) is 25.9. The lowest BCUT2D eigenvalue weighted by Gasteiger charge is -2.24. The van der Waals surface area contributed by atoms with Gasteiger partial charge in [0.25, 0.3) is 0 Å². The fourth-order valence-electron chi connectivity index (χ4n) is 2.93. The quantitative estimate of drug-likeness (QED) is 0.181. The average Bonchev–Trinajstić information content (AvgIpc) is 2.77. The number of primary amides is 1. The molecule has 0 aliphatic rings. The Kier molecular flexibility index (Phi) is 11.0. The first kappa shape index (κ1) is 28.4. The molecule has 5 unspecified atom stereocenters. The molecule has 0 fully saturated rings. The van der Waals surface area contributed by atoms with Crippen LogP contribution in [0.3, 0.4) is 0 Å². The van der Waals surface area contributed by atoms with Crippen molar-refractivity contribution >= 4 is 29.6 Å². The Bertz CT molecular complexity index is 890. The van der Waals surface area contributed by atoms with E-state index in [4.69, 9.17) is 11.5 Å². The zero-order chi connectivity index (χ0) is 26.0. The summed E-state index contributed by atoms with van der Waals surface area (Å²) in [4.78, 5) is 60.4. The molecule has 0 spiro atoms. The van der Waals surface area contributed by atoms with Crippen molar-refractivity contribution in [1.82, 2.24) is 16.0 Å². The number of carbonyl (C=O) groups excluding carboxylic acids is 4. The molecule has 0 saturated carbocycles. The molecular weight excluding hydrogens is 446 g/mol. The Balaban J connectivity index is 3.00. The van der Waals surface area contributed by atoms with Crippen molar-refractivity contribution in [3.8, 4) is 5.75 Å². The predicted molar refractivity (Wildman–Crippen MR) is 122 cm³/mol. The third kappa shape index (κ3) is 9.06. The van der Waals surface area contributed by atoms with E-state index in [0.29, 0.717) is 12.0 Å². The van der Waals surface area contributed by atoms with Gasteiger partial charge in [-0.25, -0.2) is 4.79 Å². The van der Waals surface area contributed by atoms with Crippen LogP contribution in [0.5, 0.6) is 5.75 Å². The highest BCUT2D eigenvalue weighted by atomic mass is 16.4. The number of carboxylic acids is 1. The Morgan fingerprint density at radius 3 is 1.97 bits per heavy atom. The third-order valence-electron chi connectivity index (χ3n) is 5.34. The molecule has 0 aliphatic carbocycles. The standard InChI is InChI=1S/C22H33N5O7/c1-4-11(2)18(24)21(32)25-12(3)19(30)26-15(9-13-5-7-14(28)8-6-13)20(31)27-16(22(33)34)10-17(23)29/h5-8,11-12,15-16,18,28H,4,9-10,24H2,1-3H3,(H2,23,29)(H,25,32)(H,26,30)(H,27,31)(H,33,34). The summed E-state index contributed by atoms with van der Waals surface area (Å²) >= 11 is 0. The second-order valence-electron chi connectivity index (χ2n) is 8.14. The molecule has 1 aromatic carbocycles. The van der Waals surface area contributed by atoms with Gasteiger partial charge in [-0.15, -0.1) is 0 Å². The lowest BCUT2D eigenvalue weighted by molar-refractivity contribution is -0.143. The number of aliphatic carboxylic acids is 1. The van der Waals surface area contributed by atoms with Gasteiger partial charge in [-0.3, -0.25) is 19.2 Å². The second kappa shape index (κ2) is 13.1. The maximum absolute atomic E-state index is 12.8. The van der Waals surface area contributed by atoms with Gasteiger partial charge in [0.1, 0.15) is 23.9 Å². The number of rotatable bonds is 13. The topological polar surface area (TPSA) is 214 Å². The van der Waals surface area contributed by atoms with E-state index >= 15 is 0 Å². The number of benzene rings is 1. The predicted octanol–water partition coefficient (Wildman–Crippen LogP) is -1.26. The van der Waals surface area contributed by atoms with E-state index in [0.717, 1.165) is 0 Å². The maximum atomic E-state index is 12.8. The summed E-state index contributed by atoms with van der Waals surface area (Å²) in [6.45, 7) is 5.10. The van der Waals surface area contributed by atoms with Crippen LogP contribution in [0.1, 0.15) is 39.2 Å². The van der Waals surface area contributed by atoms with Crippen LogP contribution in [-0.2, 0) is 30.4 Å². The molecule has 0 radical (unpaired) electrons. The number of phenolic OH excluding ortho intramolecular Hbond substituents is 1. The highest BCUT2D eigenvalue weighted by Crippen LogP contribution is 2.12. The van der Waals surface area contributed by atoms with Crippen LogP contribution in [0.2, 0.25) is 0 Å². The summed E-state index contributed by atoms with van der Waals surface area (Å²) in [5.74, 6) is -4.61. The lowest BCUT2D eigenvalue weighted by Crippen LogP contribution is -2.57. The van der Waals surface area contributed by atoms with E-state index in [1.165, 1.54) is 31.2 Å². The van der Waals surface area contributed by atoms with Gasteiger partial charge in [-0.1, -0.05) is 32.4 Å². The minimum Gasteiger partial charge on any atom is -0.508 e. The molecule has 188 valence electrons. The Morgan fingerprint density at radius 1 is 0.912 bits per heavy atom. The zero-order valence-electron chi connectivity index (χ0n) is 19.4. The van der Waals surface area contributed by atoms with E-state index < -0.39 is 60.2 Å². The summed E-state index contributed by atoms with van der Waals surface area (Å²) in [6, 6.07) is 1.12. The fraction of sp³-hybridized carbons (Fsp3) is 0.500. The fourth-order valence-corrected chi connectivity index (χ4v) is 2.93. The Labute approximate surface area is 197 Å². The minimum atomic E-state index is -1.59. The molecule has 12 heteroatoms. The number of carbonyl (C=O) groups is 5. The number of nitrogens with two attached hydrogens (primary N) is 2. The van der Waals surface area contributed by atoms with Gasteiger partial charge in [-0.05, 0) is 30.5 Å². The number of carboxylic acid groups (broad SMARTS) is 1. The molecule has 0 saturated heterocycles. The van der Waals surface area contributed by atoms with E-state index in [1.54, 1.807) is 6.92 Å². The van der Waals surface area contributed by atoms with Crippen molar-refractivity contribution in [2.45, 2.75) is 64.2 Å². The third-order valence-corrected chi connectivity index (χ3v) is 5.34. The second-order valence-corrected chi connectivity index (χ2v) is 8.14. The molecule has 0 aromatic heterocycles. The van der Waals surface area contributed by atoms with Crippen LogP contribution < -0.4 is 27.4 Å². The van der Waals surface area contributed by atoms with Crippen molar-refractivity contribution in [2.24, 2.45) is 17.4 Å². The van der Waals surface area contributed by atoms with Crippen LogP contribution in [0.4, 0.5) is 0 Å². The lowest BCUT2D eigenvalue weighted by atomic mass is 9.99. The number of hydrogen-bond donors (Lipinski definition) is 7. The normalized spacial score (nSPS) is 15.2. The van der Waals surface area contributed by atoms with Gasteiger partial charge >= 0.3 is 5.97 Å². The van der Waals surface area contributed by atoms with Crippen LogP contribution in [0, 0.1) is 5.92 Å². The summed E-state index contributed by atoms with van der Waals surface area (Å²) in [6.07, 6.45) is -0.0329. The maximum Gasteiger partial charge on any atom is 0.326 e. The first-order valence-electron chi connectivity index (χ1n) is 10.8. The van der Waals surface area contributed by atoms with Gasteiger partial charge in [-0.2, -0.15) is 0 Å². The van der Waals surface area contributed by atoms with Gasteiger partial charge in [0.2, 0.25) is 23.6 Å². The molecule has 12 nitrogen and oxygen atoms in total. The van der Waals surface area contributed by atoms with Gasteiger partial charge < -0.3 is 37.6 Å². The van der Waals surface area contributed by atoms with Crippen LogP contribution in [-0.4, -0.2) is 64.0 Å². The smallest absolute Gasteiger partial charge is 0.326 e. The molecule has 9 N–H and O–H groups in total. The van der Waals surface area contributed by atoms with Gasteiger partial charge in [0.05, 0.1) is 12.5 Å². The minimum absolute atomic E-state index is 0.00447. The number of amides is 4. The van der Waals surface area contributed by atoms with Crippen LogP contribution in [0.25, 0.3) is 0 Å². The monoisotopic (exact) mass is 479 g/mol. The Hall–Kier alpha value is -3.67. The Morgan fingerprint density at radius 2 is 1.47 bits per heavy atom. The molecule has 0 heterocycles. The van der Waals surface area contributed by atoms with E-state index in [-0.39, 0.29) is 18.1 Å². The van der Waals surface area contributed by atoms with Crippen molar-refractivity contribution < 1.29 is 34.2 Å². The SMILES string of the molecule is CCC(C)C(N)C(=O)NC(C)C(=O)NC(Cc1ccc(O)cc1)C(=O)NC(CC(N)=O)C(=O)O. The molecule has 1 aromatic rings. The molecular formula is C22H33N5O7. The largest absolute Gasteiger partial charge is 0.508 e. The molecule has 1 rings (SSSR count).